The van der Waals surface area contributed by atoms with Crippen LogP contribution < -0.4 is 5.43 Å². The van der Waals surface area contributed by atoms with E-state index in [4.69, 9.17) is 5.11 Å². The molecule has 0 saturated heterocycles. The average Bonchev–Trinajstić information content (AvgIpc) is 1.83. The fourth-order valence-corrected chi connectivity index (χ4v) is 0.947. The summed E-state index contributed by atoms with van der Waals surface area (Å²) in [6, 6.07) is 0. The highest BCUT2D eigenvalue weighted by Gasteiger charge is 2.11. The van der Waals surface area contributed by atoms with E-state index in [1.54, 1.807) is 0 Å². The largest absolute Gasteiger partial charge is 0.505 e. The van der Waals surface area contributed by atoms with Crippen LogP contribution in [0.5, 0.6) is 5.75 Å². The molecule has 0 unspecified atom stereocenters. The molecule has 0 amide bonds. The Morgan fingerprint density at radius 3 is 2.25 bits per heavy atom. The molecule has 0 fully saturated rings. The zero-order chi connectivity index (χ0) is 6.31. The van der Waals surface area contributed by atoms with Crippen LogP contribution in [0.4, 0.5) is 0 Å². The highest BCUT2D eigenvalue weighted by Crippen LogP contribution is 2.20. The van der Waals surface area contributed by atoms with Crippen molar-refractivity contribution in [2.45, 2.75) is 4.90 Å². The van der Waals surface area contributed by atoms with Gasteiger partial charge in [-0.25, -0.2) is 0 Å². The van der Waals surface area contributed by atoms with Crippen LogP contribution in [0.25, 0.3) is 0 Å². The van der Waals surface area contributed by atoms with Gasteiger partial charge in [-0.05, 0) is 0 Å². The Hall–Kier alpha value is -0.350. The summed E-state index contributed by atoms with van der Waals surface area (Å²) in [6.45, 7) is 0. The van der Waals surface area contributed by atoms with Crippen LogP contribution in [0.1, 0.15) is 0 Å². The van der Waals surface area contributed by atoms with E-state index in [2.05, 4.69) is 24.8 Å². The Balaban J connectivity index is 3.48. The molecule has 0 spiro atoms. The van der Waals surface area contributed by atoms with Gasteiger partial charge < -0.3 is 5.11 Å². The molecule has 1 aromatic rings. The molecule has 4 heteroatoms. The van der Waals surface area contributed by atoms with Gasteiger partial charge >= 0.3 is 0 Å². The molecule has 0 saturated carbocycles. The number of rotatable bonds is 0. The predicted molar refractivity (Wildman–Crippen MR) is 34.8 cm³/mol. The van der Waals surface area contributed by atoms with E-state index in [1.165, 1.54) is 0 Å². The molecular formula is C4H2O2S2. The normalized spacial score (nSPS) is 10.1. The summed E-state index contributed by atoms with van der Waals surface area (Å²) in [7, 11) is 0. The van der Waals surface area contributed by atoms with E-state index in [1.807, 2.05) is 0 Å². The van der Waals surface area contributed by atoms with Crippen molar-refractivity contribution in [1.29, 1.82) is 0 Å². The van der Waals surface area contributed by atoms with Crippen LogP contribution in [0, 0.1) is 4.51 Å². The third-order valence-corrected chi connectivity index (χ3v) is 1.65. The van der Waals surface area contributed by atoms with Gasteiger partial charge in [0, 0.05) is 0 Å². The molecule has 0 heterocycles. The highest BCUT2D eigenvalue weighted by atomic mass is 32.1. The van der Waals surface area contributed by atoms with Crippen LogP contribution in [0.2, 0.25) is 0 Å². The minimum atomic E-state index is -0.333. The molecule has 8 heavy (non-hydrogen) atoms. The van der Waals surface area contributed by atoms with Crippen LogP contribution in [0.15, 0.2) is 9.69 Å². The lowest BCUT2D eigenvalue weighted by atomic mass is 10.3. The van der Waals surface area contributed by atoms with Crippen molar-refractivity contribution < 1.29 is 5.11 Å². The van der Waals surface area contributed by atoms with Crippen molar-refractivity contribution in [1.82, 2.24) is 0 Å². The maximum absolute atomic E-state index is 10.3. The van der Waals surface area contributed by atoms with Crippen LogP contribution in [0.3, 0.4) is 0 Å². The minimum absolute atomic E-state index is 0.00463. The molecule has 1 rings (SSSR count). The van der Waals surface area contributed by atoms with Gasteiger partial charge in [0.1, 0.15) is 4.51 Å². The molecule has 0 bridgehead atoms. The van der Waals surface area contributed by atoms with Crippen molar-refractivity contribution in [2.75, 3.05) is 0 Å². The predicted octanol–water partition coefficient (Wildman–Crippen LogP) is 0.646. The zero-order valence-corrected chi connectivity index (χ0v) is 5.42. The van der Waals surface area contributed by atoms with E-state index in [0.29, 0.717) is 0 Å². The summed E-state index contributed by atoms with van der Waals surface area (Å²) in [6.07, 6.45) is 0. The summed E-state index contributed by atoms with van der Waals surface area (Å²) in [5.74, 6) is -0.145. The summed E-state index contributed by atoms with van der Waals surface area (Å²) in [4.78, 5) is 10.4. The first-order valence-electron chi connectivity index (χ1n) is 1.86. The zero-order valence-electron chi connectivity index (χ0n) is 3.71. The van der Waals surface area contributed by atoms with E-state index >= 15 is 0 Å². The molecule has 0 aliphatic heterocycles. The van der Waals surface area contributed by atoms with Gasteiger partial charge in [0.15, 0.2) is 5.75 Å². The number of aromatic hydroxyl groups is 1. The number of hydrogen-bond acceptors (Lipinski definition) is 4. The fourth-order valence-electron chi connectivity index (χ4n) is 0.368. The van der Waals surface area contributed by atoms with E-state index in [9.17, 15) is 4.79 Å². The smallest absolute Gasteiger partial charge is 0.217 e. The molecular weight excluding hydrogens is 144 g/mol. The number of thiol groups is 1. The third-order valence-electron chi connectivity index (χ3n) is 0.861. The van der Waals surface area contributed by atoms with Crippen molar-refractivity contribution in [2.24, 2.45) is 0 Å². The molecule has 0 aliphatic rings. The SMILES string of the molecule is O=c1c(S)c(O)c1=S. The quantitative estimate of drug-likeness (QED) is 0.417. The molecule has 0 aromatic heterocycles. The molecule has 2 nitrogen and oxygen atoms in total. The summed E-state index contributed by atoms with van der Waals surface area (Å²) in [5.41, 5.74) is -0.333. The van der Waals surface area contributed by atoms with E-state index in [0.717, 1.165) is 0 Å². The molecule has 0 aliphatic carbocycles. The first-order chi connectivity index (χ1) is 3.64. The lowest BCUT2D eigenvalue weighted by Crippen LogP contribution is -2.07. The monoisotopic (exact) mass is 146 g/mol. The maximum atomic E-state index is 10.3. The molecule has 0 radical (unpaired) electrons. The standard InChI is InChI=1S/C4H2O2S2/c5-1-3(7)2(6)4(1)8/h5,7H. The Morgan fingerprint density at radius 1 is 1.62 bits per heavy atom. The Bertz CT molecular complexity index is 252. The second-order valence-corrected chi connectivity index (χ2v) is 2.21. The molecule has 1 N–H and O–H groups in total. The Labute approximate surface area is 55.9 Å². The first-order valence-corrected chi connectivity index (χ1v) is 2.71. The van der Waals surface area contributed by atoms with Crippen LogP contribution in [-0.2, 0) is 0 Å². The maximum Gasteiger partial charge on any atom is 0.217 e. The fraction of sp³-hybridized carbons (Fsp3) is 0. The van der Waals surface area contributed by atoms with E-state index in [-0.39, 0.29) is 20.6 Å². The Morgan fingerprint density at radius 2 is 2.12 bits per heavy atom. The molecule has 42 valence electrons. The average molecular weight is 146 g/mol. The third kappa shape index (κ3) is 0.499. The molecule has 0 atom stereocenters. The van der Waals surface area contributed by atoms with Crippen LogP contribution in [-0.4, -0.2) is 5.11 Å². The van der Waals surface area contributed by atoms with Crippen LogP contribution >= 0.6 is 24.8 Å². The molecule has 1 aromatic carbocycles. The second kappa shape index (κ2) is 1.56. The van der Waals surface area contributed by atoms with E-state index < -0.39 is 0 Å². The van der Waals surface area contributed by atoms with Crippen molar-refractivity contribution in [3.63, 3.8) is 0 Å². The van der Waals surface area contributed by atoms with Gasteiger partial charge in [-0.1, -0.05) is 12.2 Å². The van der Waals surface area contributed by atoms with Crippen molar-refractivity contribution in [3.05, 3.63) is 14.7 Å². The van der Waals surface area contributed by atoms with Gasteiger partial charge in [-0.15, -0.1) is 12.6 Å². The van der Waals surface area contributed by atoms with Gasteiger partial charge in [0.05, 0.1) is 4.90 Å². The second-order valence-electron chi connectivity index (χ2n) is 1.36. The summed E-state index contributed by atoms with van der Waals surface area (Å²) >= 11 is 8.03. The Kier molecular flexibility index (Phi) is 1.13. The lowest BCUT2D eigenvalue weighted by molar-refractivity contribution is 0.450. The van der Waals surface area contributed by atoms with Gasteiger partial charge in [-0.3, -0.25) is 4.79 Å². The minimum Gasteiger partial charge on any atom is -0.505 e. The summed E-state index contributed by atoms with van der Waals surface area (Å²) in [5, 5.41) is 8.60. The van der Waals surface area contributed by atoms with Gasteiger partial charge in [-0.2, -0.15) is 0 Å². The van der Waals surface area contributed by atoms with Crippen molar-refractivity contribution in [3.8, 4) is 5.75 Å². The lowest BCUT2D eigenvalue weighted by Gasteiger charge is -1.96. The first kappa shape index (κ1) is 5.78. The summed E-state index contributed by atoms with van der Waals surface area (Å²) < 4.78 is -0.00463. The van der Waals surface area contributed by atoms with Crippen molar-refractivity contribution >= 4 is 24.8 Å². The van der Waals surface area contributed by atoms with Gasteiger partial charge in [0.25, 0.3) is 0 Å². The highest BCUT2D eigenvalue weighted by molar-refractivity contribution is 7.80. The topological polar surface area (TPSA) is 37.3 Å². The number of hydrogen-bond donors (Lipinski definition) is 2. The van der Waals surface area contributed by atoms with Gasteiger partial charge in [0.2, 0.25) is 5.43 Å².